The average molecular weight is 459 g/mol. The van der Waals surface area contributed by atoms with Crippen LogP contribution in [0.3, 0.4) is 0 Å². The van der Waals surface area contributed by atoms with E-state index in [0.29, 0.717) is 30.2 Å². The van der Waals surface area contributed by atoms with Crippen molar-refractivity contribution in [2.45, 2.75) is 12.5 Å². The lowest BCUT2D eigenvalue weighted by molar-refractivity contribution is -0.140. The molecule has 0 bridgehead atoms. The number of aliphatic hydroxyl groups is 1. The first-order valence-electron chi connectivity index (χ1n) is 10.6. The maximum Gasteiger partial charge on any atom is 0.295 e. The normalized spacial score (nSPS) is 21.3. The number of nitrogens with zero attached hydrogens (tertiary/aromatic N) is 2. The molecule has 168 valence electrons. The monoisotopic (exact) mass is 458 g/mol. The summed E-state index contributed by atoms with van der Waals surface area (Å²) < 4.78 is 20.1. The number of rotatable bonds is 6. The molecule has 6 nitrogen and oxygen atoms in total. The molecule has 2 heterocycles. The molecule has 1 amide bonds. The van der Waals surface area contributed by atoms with Crippen molar-refractivity contribution in [1.82, 2.24) is 9.80 Å². The molecule has 2 saturated heterocycles. The number of amides is 1. The van der Waals surface area contributed by atoms with Crippen molar-refractivity contribution >= 4 is 29.1 Å². The number of halogens is 2. The third-order valence-corrected chi connectivity index (χ3v) is 6.09. The molecular formula is C24H24ClFN2O4. The molecule has 2 aromatic rings. The summed E-state index contributed by atoms with van der Waals surface area (Å²) in [7, 11) is 0. The number of aliphatic hydroxyl groups excluding tert-OH is 1. The van der Waals surface area contributed by atoms with Gasteiger partial charge in [0.1, 0.15) is 11.6 Å². The maximum absolute atomic E-state index is 14.8. The van der Waals surface area contributed by atoms with E-state index in [0.717, 1.165) is 19.6 Å². The first-order valence-corrected chi connectivity index (χ1v) is 10.9. The standard InChI is InChI=1S/C24H24ClFN2O4/c25-17-8-6-16(7-9-17)22(29)20-21(18-4-1-2-5-19(18)26)28(24(31)23(20)30)11-3-10-27-12-14-32-15-13-27/h1-2,4-9,21,29H,3,10-15H2/b22-20-. The van der Waals surface area contributed by atoms with E-state index in [2.05, 4.69) is 4.90 Å². The highest BCUT2D eigenvalue weighted by Crippen LogP contribution is 2.40. The predicted octanol–water partition coefficient (Wildman–Crippen LogP) is 3.62. The zero-order valence-electron chi connectivity index (χ0n) is 17.5. The Morgan fingerprint density at radius 1 is 1.06 bits per heavy atom. The van der Waals surface area contributed by atoms with Crippen LogP contribution < -0.4 is 0 Å². The van der Waals surface area contributed by atoms with Crippen LogP contribution in [-0.2, 0) is 14.3 Å². The highest BCUT2D eigenvalue weighted by molar-refractivity contribution is 6.46. The highest BCUT2D eigenvalue weighted by atomic mass is 35.5. The SMILES string of the molecule is O=C1C(=O)N(CCCN2CCOCC2)C(c2ccccc2F)/C1=C(/O)c1ccc(Cl)cc1. The molecule has 8 heteroatoms. The van der Waals surface area contributed by atoms with Crippen molar-refractivity contribution in [2.75, 3.05) is 39.4 Å². The van der Waals surface area contributed by atoms with Crippen molar-refractivity contribution in [2.24, 2.45) is 0 Å². The lowest BCUT2D eigenvalue weighted by Gasteiger charge is -2.29. The molecule has 0 aromatic heterocycles. The molecule has 1 atom stereocenters. The molecule has 0 spiro atoms. The zero-order valence-corrected chi connectivity index (χ0v) is 18.2. The third kappa shape index (κ3) is 4.55. The van der Waals surface area contributed by atoms with Gasteiger partial charge in [-0.05, 0) is 36.8 Å². The van der Waals surface area contributed by atoms with Gasteiger partial charge in [-0.25, -0.2) is 4.39 Å². The van der Waals surface area contributed by atoms with Gasteiger partial charge in [-0.1, -0.05) is 29.8 Å². The van der Waals surface area contributed by atoms with Crippen LogP contribution in [-0.4, -0.2) is 66.0 Å². The summed E-state index contributed by atoms with van der Waals surface area (Å²) in [6.45, 7) is 3.95. The Hall–Kier alpha value is -2.74. The van der Waals surface area contributed by atoms with E-state index in [4.69, 9.17) is 16.3 Å². The van der Waals surface area contributed by atoms with Crippen molar-refractivity contribution < 1.29 is 23.8 Å². The molecule has 2 aliphatic heterocycles. The number of hydrogen-bond donors (Lipinski definition) is 1. The van der Waals surface area contributed by atoms with Gasteiger partial charge < -0.3 is 14.7 Å². The number of carbonyl (C=O) groups is 2. The molecule has 2 aromatic carbocycles. The predicted molar refractivity (Wildman–Crippen MR) is 119 cm³/mol. The summed E-state index contributed by atoms with van der Waals surface area (Å²) in [5.74, 6) is -2.45. The zero-order chi connectivity index (χ0) is 22.7. The summed E-state index contributed by atoms with van der Waals surface area (Å²) in [4.78, 5) is 29.5. The van der Waals surface area contributed by atoms with Gasteiger partial charge in [0.15, 0.2) is 0 Å². The number of likely N-dealkylation sites (tertiary alicyclic amines) is 1. The highest BCUT2D eigenvalue weighted by Gasteiger charge is 2.46. The average Bonchev–Trinajstić information content (AvgIpc) is 3.05. The fourth-order valence-corrected chi connectivity index (χ4v) is 4.31. The molecular weight excluding hydrogens is 435 g/mol. The number of Topliss-reactive ketones (excluding diaryl/α,β-unsaturated/α-hetero) is 1. The molecule has 4 rings (SSSR count). The molecule has 1 unspecified atom stereocenters. The summed E-state index contributed by atoms with van der Waals surface area (Å²) in [5, 5.41) is 11.4. The molecule has 2 fully saturated rings. The second kappa shape index (κ2) is 9.81. The first-order chi connectivity index (χ1) is 15.5. The van der Waals surface area contributed by atoms with E-state index in [9.17, 15) is 19.1 Å². The second-order valence-corrected chi connectivity index (χ2v) is 8.26. The quantitative estimate of drug-likeness (QED) is 0.407. The summed E-state index contributed by atoms with van der Waals surface area (Å²) in [5.41, 5.74) is 0.393. The number of hydrogen-bond acceptors (Lipinski definition) is 5. The Balaban J connectivity index is 1.68. The Kier molecular flexibility index (Phi) is 6.89. The summed E-state index contributed by atoms with van der Waals surface area (Å²) >= 11 is 5.93. The van der Waals surface area contributed by atoms with Crippen LogP contribution in [0.2, 0.25) is 5.02 Å². The summed E-state index contributed by atoms with van der Waals surface area (Å²) in [6, 6.07) is 11.3. The van der Waals surface area contributed by atoms with Gasteiger partial charge in [0.25, 0.3) is 11.7 Å². The minimum atomic E-state index is -1.00. The Labute approximate surface area is 190 Å². The first kappa shape index (κ1) is 22.5. The van der Waals surface area contributed by atoms with Gasteiger partial charge in [0.2, 0.25) is 0 Å². The summed E-state index contributed by atoms with van der Waals surface area (Å²) in [6.07, 6.45) is 0.610. The van der Waals surface area contributed by atoms with Crippen molar-refractivity contribution in [3.63, 3.8) is 0 Å². The van der Waals surface area contributed by atoms with Crippen molar-refractivity contribution in [3.8, 4) is 0 Å². The van der Waals surface area contributed by atoms with Crippen LogP contribution in [0.15, 0.2) is 54.1 Å². The third-order valence-electron chi connectivity index (χ3n) is 5.83. The van der Waals surface area contributed by atoms with E-state index in [1.165, 1.54) is 17.0 Å². The number of morpholine rings is 1. The number of carbonyl (C=O) groups excluding carboxylic acids is 2. The van der Waals surface area contributed by atoms with Crippen LogP contribution in [0.1, 0.15) is 23.6 Å². The lowest BCUT2D eigenvalue weighted by atomic mass is 9.95. The van der Waals surface area contributed by atoms with E-state index < -0.39 is 23.5 Å². The fraction of sp³-hybridized carbons (Fsp3) is 0.333. The fourth-order valence-electron chi connectivity index (χ4n) is 4.18. The minimum Gasteiger partial charge on any atom is -0.507 e. The molecule has 32 heavy (non-hydrogen) atoms. The molecule has 0 radical (unpaired) electrons. The van der Waals surface area contributed by atoms with Gasteiger partial charge in [0.05, 0.1) is 24.8 Å². The van der Waals surface area contributed by atoms with Gasteiger partial charge in [-0.3, -0.25) is 14.5 Å². The maximum atomic E-state index is 14.8. The van der Waals surface area contributed by atoms with Gasteiger partial charge in [-0.15, -0.1) is 0 Å². The van der Waals surface area contributed by atoms with Gasteiger partial charge in [0, 0.05) is 42.3 Å². The van der Waals surface area contributed by atoms with E-state index in [-0.39, 0.29) is 23.4 Å². The van der Waals surface area contributed by atoms with Crippen molar-refractivity contribution in [1.29, 1.82) is 0 Å². The largest absolute Gasteiger partial charge is 0.507 e. The van der Waals surface area contributed by atoms with Crippen LogP contribution >= 0.6 is 11.6 Å². The lowest BCUT2D eigenvalue weighted by Crippen LogP contribution is -2.39. The van der Waals surface area contributed by atoms with Crippen LogP contribution in [0.4, 0.5) is 4.39 Å². The molecule has 0 saturated carbocycles. The molecule has 0 aliphatic carbocycles. The number of ketones is 1. The second-order valence-electron chi connectivity index (χ2n) is 7.83. The van der Waals surface area contributed by atoms with Crippen LogP contribution in [0.5, 0.6) is 0 Å². The van der Waals surface area contributed by atoms with E-state index >= 15 is 0 Å². The van der Waals surface area contributed by atoms with E-state index in [1.807, 2.05) is 0 Å². The Bertz CT molecular complexity index is 1030. The van der Waals surface area contributed by atoms with Crippen molar-refractivity contribution in [3.05, 3.63) is 76.1 Å². The number of ether oxygens (including phenoxy) is 1. The Morgan fingerprint density at radius 2 is 1.75 bits per heavy atom. The number of benzene rings is 2. The van der Waals surface area contributed by atoms with E-state index in [1.54, 1.807) is 36.4 Å². The van der Waals surface area contributed by atoms with Crippen LogP contribution in [0, 0.1) is 5.82 Å². The molecule has 1 N–H and O–H groups in total. The van der Waals surface area contributed by atoms with Gasteiger partial charge >= 0.3 is 0 Å². The Morgan fingerprint density at radius 3 is 2.44 bits per heavy atom. The van der Waals surface area contributed by atoms with Gasteiger partial charge in [-0.2, -0.15) is 0 Å². The smallest absolute Gasteiger partial charge is 0.295 e. The topological polar surface area (TPSA) is 70.1 Å². The minimum absolute atomic E-state index is 0.117. The molecule has 2 aliphatic rings. The van der Waals surface area contributed by atoms with Crippen LogP contribution in [0.25, 0.3) is 5.76 Å².